The van der Waals surface area contributed by atoms with Crippen LogP contribution in [0.2, 0.25) is 10.0 Å². The Morgan fingerprint density at radius 3 is 2.72 bits per heavy atom. The van der Waals surface area contributed by atoms with Crippen molar-refractivity contribution in [3.05, 3.63) is 45.5 Å². The van der Waals surface area contributed by atoms with Crippen molar-refractivity contribution >= 4 is 29.3 Å². The Bertz CT molecular complexity index is 866. The zero-order valence-electron chi connectivity index (χ0n) is 17.0. The van der Waals surface area contributed by atoms with Crippen molar-refractivity contribution in [2.24, 2.45) is 5.92 Å². The lowest BCUT2D eigenvalue weighted by Crippen LogP contribution is -2.40. The van der Waals surface area contributed by atoms with Crippen LogP contribution in [0.15, 0.2) is 18.2 Å². The predicted molar refractivity (Wildman–Crippen MR) is 111 cm³/mol. The Morgan fingerprint density at radius 2 is 2.10 bits per heavy atom. The molecule has 0 saturated carbocycles. The minimum atomic E-state index is -0.566. The van der Waals surface area contributed by atoms with Crippen molar-refractivity contribution in [1.82, 2.24) is 20.1 Å². The summed E-state index contributed by atoms with van der Waals surface area (Å²) in [6.45, 7) is 8.68. The van der Waals surface area contributed by atoms with Gasteiger partial charge in [0.05, 0.1) is 22.8 Å². The molecule has 1 aliphatic rings. The zero-order valence-corrected chi connectivity index (χ0v) is 18.5. The summed E-state index contributed by atoms with van der Waals surface area (Å²) in [5.41, 5.74) is 0.340. The van der Waals surface area contributed by atoms with E-state index in [-0.39, 0.29) is 18.1 Å². The van der Waals surface area contributed by atoms with E-state index in [0.29, 0.717) is 42.0 Å². The summed E-state index contributed by atoms with van der Waals surface area (Å²) < 4.78 is 11.7. The molecule has 1 N–H and O–H groups in total. The molecule has 0 spiro atoms. The molecule has 0 unspecified atom stereocenters. The van der Waals surface area contributed by atoms with Crippen LogP contribution in [0.25, 0.3) is 0 Å². The maximum absolute atomic E-state index is 12.7. The first kappa shape index (κ1) is 21.9. The Morgan fingerprint density at radius 1 is 1.34 bits per heavy atom. The molecule has 1 amide bonds. The molecule has 0 aliphatic carbocycles. The molecule has 2 atom stereocenters. The largest absolute Gasteiger partial charge is 0.444 e. The van der Waals surface area contributed by atoms with Crippen molar-refractivity contribution < 1.29 is 14.3 Å². The van der Waals surface area contributed by atoms with Gasteiger partial charge in [0, 0.05) is 25.4 Å². The van der Waals surface area contributed by atoms with Gasteiger partial charge < -0.3 is 14.4 Å². The van der Waals surface area contributed by atoms with E-state index in [1.54, 1.807) is 11.0 Å². The van der Waals surface area contributed by atoms with Crippen LogP contribution in [0.4, 0.5) is 4.79 Å². The third kappa shape index (κ3) is 5.84. The number of aromatic amines is 1. The van der Waals surface area contributed by atoms with Crippen LogP contribution in [0, 0.1) is 12.8 Å². The van der Waals surface area contributed by atoms with Gasteiger partial charge in [-0.15, -0.1) is 0 Å². The summed E-state index contributed by atoms with van der Waals surface area (Å²) in [4.78, 5) is 18.8. The lowest BCUT2D eigenvalue weighted by atomic mass is 9.92. The molecule has 2 aromatic rings. The van der Waals surface area contributed by atoms with Crippen LogP contribution in [-0.4, -0.2) is 51.5 Å². The highest BCUT2D eigenvalue weighted by Crippen LogP contribution is 2.34. The molecule has 158 valence electrons. The van der Waals surface area contributed by atoms with Crippen LogP contribution < -0.4 is 0 Å². The molecule has 9 heteroatoms. The monoisotopic (exact) mass is 440 g/mol. The number of ether oxygens (including phenoxy) is 2. The Balaban J connectivity index is 1.87. The van der Waals surface area contributed by atoms with Crippen molar-refractivity contribution in [1.29, 1.82) is 0 Å². The average molecular weight is 441 g/mol. The first-order valence-electron chi connectivity index (χ1n) is 9.55. The van der Waals surface area contributed by atoms with Crippen molar-refractivity contribution in [3.63, 3.8) is 0 Å². The van der Waals surface area contributed by atoms with Gasteiger partial charge in [0.15, 0.2) is 5.82 Å². The van der Waals surface area contributed by atoms with E-state index in [4.69, 9.17) is 32.7 Å². The summed E-state index contributed by atoms with van der Waals surface area (Å²) in [7, 11) is 0. The number of hydrogen-bond donors (Lipinski definition) is 1. The smallest absolute Gasteiger partial charge is 0.410 e. The van der Waals surface area contributed by atoms with E-state index in [9.17, 15) is 4.79 Å². The molecule has 0 bridgehead atoms. The number of amides is 1. The molecule has 1 aliphatic heterocycles. The highest BCUT2D eigenvalue weighted by molar-refractivity contribution is 6.42. The number of aryl methyl sites for hydroxylation is 1. The van der Waals surface area contributed by atoms with Crippen LogP contribution in [-0.2, 0) is 15.9 Å². The van der Waals surface area contributed by atoms with Crippen LogP contribution in [0.5, 0.6) is 0 Å². The number of rotatable bonds is 3. The standard InChI is InChI=1S/C20H26Cl2N4O3/c1-12-23-17(25-24-12)10-14-11-26(19(27)29-20(2,3)4)7-8-28-18(14)13-5-6-15(21)16(22)9-13/h5-6,9,14,18H,7-8,10-11H2,1-4H3,(H,23,24,25)/t14-,18+/m1/s1. The summed E-state index contributed by atoms with van der Waals surface area (Å²) in [6, 6.07) is 5.47. The third-order valence-electron chi connectivity index (χ3n) is 4.55. The molecule has 2 heterocycles. The molecule has 1 saturated heterocycles. The Kier molecular flexibility index (Phi) is 6.71. The number of H-pyrrole nitrogens is 1. The lowest BCUT2D eigenvalue weighted by Gasteiger charge is -2.29. The minimum Gasteiger partial charge on any atom is -0.444 e. The summed E-state index contributed by atoms with van der Waals surface area (Å²) in [6.07, 6.45) is -0.0998. The number of hydrogen-bond acceptors (Lipinski definition) is 5. The molecule has 7 nitrogen and oxygen atoms in total. The summed E-state index contributed by atoms with van der Waals surface area (Å²) in [5.74, 6) is 1.33. The summed E-state index contributed by atoms with van der Waals surface area (Å²) >= 11 is 12.3. The number of aromatic nitrogens is 3. The van der Waals surface area contributed by atoms with E-state index in [1.807, 2.05) is 39.8 Å². The highest BCUT2D eigenvalue weighted by Gasteiger charge is 2.34. The maximum atomic E-state index is 12.7. The molecular weight excluding hydrogens is 415 g/mol. The van der Waals surface area contributed by atoms with Crippen LogP contribution in [0.3, 0.4) is 0 Å². The first-order chi connectivity index (χ1) is 13.6. The van der Waals surface area contributed by atoms with Gasteiger partial charge in [0.2, 0.25) is 0 Å². The number of benzene rings is 1. The second-order valence-corrected chi connectivity index (χ2v) is 9.01. The fourth-order valence-electron chi connectivity index (χ4n) is 3.33. The Hall–Kier alpha value is -1.83. The number of nitrogens with zero attached hydrogens (tertiary/aromatic N) is 3. The van der Waals surface area contributed by atoms with Gasteiger partial charge in [-0.3, -0.25) is 5.10 Å². The molecule has 1 fully saturated rings. The number of carbonyl (C=O) groups is 1. The Labute approximate surface area is 180 Å². The molecule has 1 aromatic carbocycles. The predicted octanol–water partition coefficient (Wildman–Crippen LogP) is 4.59. The van der Waals surface area contributed by atoms with Gasteiger partial charge in [0.25, 0.3) is 0 Å². The van der Waals surface area contributed by atoms with Gasteiger partial charge in [0.1, 0.15) is 11.4 Å². The van der Waals surface area contributed by atoms with E-state index in [1.165, 1.54) is 0 Å². The van der Waals surface area contributed by atoms with E-state index in [2.05, 4.69) is 15.2 Å². The van der Waals surface area contributed by atoms with E-state index in [0.717, 1.165) is 11.4 Å². The molecule has 3 rings (SSSR count). The van der Waals surface area contributed by atoms with Crippen molar-refractivity contribution in [2.75, 3.05) is 19.7 Å². The van der Waals surface area contributed by atoms with Gasteiger partial charge in [-0.1, -0.05) is 29.3 Å². The fraction of sp³-hybridized carbons (Fsp3) is 0.550. The molecular formula is C20H26Cl2N4O3. The normalized spacial score (nSPS) is 20.4. The van der Waals surface area contributed by atoms with Gasteiger partial charge in [-0.25, -0.2) is 9.78 Å². The molecule has 29 heavy (non-hydrogen) atoms. The van der Waals surface area contributed by atoms with E-state index >= 15 is 0 Å². The molecule has 1 aromatic heterocycles. The topological polar surface area (TPSA) is 80.3 Å². The third-order valence-corrected chi connectivity index (χ3v) is 5.29. The van der Waals surface area contributed by atoms with Crippen molar-refractivity contribution in [2.45, 2.75) is 45.8 Å². The number of nitrogens with one attached hydrogen (secondary N) is 1. The van der Waals surface area contributed by atoms with Crippen molar-refractivity contribution in [3.8, 4) is 0 Å². The highest BCUT2D eigenvalue weighted by atomic mass is 35.5. The van der Waals surface area contributed by atoms with Crippen LogP contribution in [0.1, 0.15) is 44.1 Å². The van der Waals surface area contributed by atoms with Gasteiger partial charge in [-0.05, 0) is 45.4 Å². The second kappa shape index (κ2) is 8.90. The maximum Gasteiger partial charge on any atom is 0.410 e. The quantitative estimate of drug-likeness (QED) is 0.754. The lowest BCUT2D eigenvalue weighted by molar-refractivity contribution is 0.0231. The number of carbonyl (C=O) groups excluding carboxylic acids is 1. The number of halogens is 2. The first-order valence-corrected chi connectivity index (χ1v) is 10.3. The van der Waals surface area contributed by atoms with Crippen LogP contribution >= 0.6 is 23.2 Å². The fourth-order valence-corrected chi connectivity index (χ4v) is 3.64. The van der Waals surface area contributed by atoms with E-state index < -0.39 is 5.60 Å². The summed E-state index contributed by atoms with van der Waals surface area (Å²) in [5, 5.41) is 8.07. The molecule has 0 radical (unpaired) electrons. The minimum absolute atomic E-state index is 0.0857. The average Bonchev–Trinajstić information content (AvgIpc) is 2.90. The SMILES string of the molecule is Cc1nc(C[C@@H]2CN(C(=O)OC(C)(C)C)CCO[C@H]2c2ccc(Cl)c(Cl)c2)n[nH]1. The van der Waals surface area contributed by atoms with Gasteiger partial charge >= 0.3 is 6.09 Å². The second-order valence-electron chi connectivity index (χ2n) is 8.19. The zero-order chi connectivity index (χ0) is 21.2. The van der Waals surface area contributed by atoms with Gasteiger partial charge in [-0.2, -0.15) is 5.10 Å².